The van der Waals surface area contributed by atoms with E-state index in [0.717, 1.165) is 19.3 Å². The molecule has 1 heterocycles. The van der Waals surface area contributed by atoms with E-state index >= 15 is 0 Å². The average molecular weight is 455 g/mol. The van der Waals surface area contributed by atoms with Gasteiger partial charge in [0, 0.05) is 11.8 Å². The van der Waals surface area contributed by atoms with Crippen LogP contribution >= 0.6 is 0 Å². The van der Waals surface area contributed by atoms with Crippen molar-refractivity contribution in [1.82, 2.24) is 0 Å². The number of carboxylic acid groups (broad SMARTS) is 1. The van der Waals surface area contributed by atoms with Crippen LogP contribution < -0.4 is 0 Å². The van der Waals surface area contributed by atoms with Crippen LogP contribution in [0.5, 0.6) is 0 Å². The maximum Gasteiger partial charge on any atom is 0.338 e. The molecule has 0 bridgehead atoms. The van der Waals surface area contributed by atoms with Crippen LogP contribution in [0.3, 0.4) is 0 Å². The molecule has 0 aliphatic carbocycles. The number of allylic oxidation sites excluding steroid dienone is 2. The van der Waals surface area contributed by atoms with Crippen molar-refractivity contribution in [2.75, 3.05) is 0 Å². The maximum absolute atomic E-state index is 12.7. The average Bonchev–Trinajstić information content (AvgIpc) is 2.72. The Morgan fingerprint density at radius 1 is 1.19 bits per heavy atom. The maximum atomic E-state index is 12.7. The molecule has 0 fully saturated rings. The lowest BCUT2D eigenvalue weighted by atomic mass is 9.86. The van der Waals surface area contributed by atoms with Gasteiger partial charge in [-0.2, -0.15) is 0 Å². The second kappa shape index (κ2) is 12.9. The zero-order valence-electron chi connectivity index (χ0n) is 19.6. The first-order valence-corrected chi connectivity index (χ1v) is 11.2. The third-order valence-corrected chi connectivity index (χ3v) is 6.10. The van der Waals surface area contributed by atoms with Gasteiger partial charge in [-0.15, -0.1) is 0 Å². The van der Waals surface area contributed by atoms with Crippen molar-refractivity contribution < 1.29 is 39.5 Å². The molecule has 4 N–H and O–H groups in total. The molecule has 0 radical (unpaired) electrons. The number of esters is 1. The normalized spacial score (nSPS) is 31.9. The summed E-state index contributed by atoms with van der Waals surface area (Å²) < 4.78 is 5.56. The van der Waals surface area contributed by atoms with Crippen molar-refractivity contribution in [2.45, 2.75) is 84.7 Å². The van der Waals surface area contributed by atoms with Gasteiger partial charge in [-0.3, -0.25) is 9.59 Å². The minimum absolute atomic E-state index is 0.0903. The molecule has 0 aromatic carbocycles. The molecule has 0 aromatic rings. The van der Waals surface area contributed by atoms with Crippen LogP contribution in [0.15, 0.2) is 23.8 Å². The lowest BCUT2D eigenvalue weighted by molar-refractivity contribution is -0.164. The van der Waals surface area contributed by atoms with Gasteiger partial charge in [0.15, 0.2) is 6.10 Å². The first-order valence-electron chi connectivity index (χ1n) is 11.2. The van der Waals surface area contributed by atoms with Crippen molar-refractivity contribution >= 4 is 17.7 Å². The Hall–Kier alpha value is -2.03. The Morgan fingerprint density at radius 3 is 2.41 bits per heavy atom. The Labute approximate surface area is 190 Å². The van der Waals surface area contributed by atoms with Crippen LogP contribution in [0.4, 0.5) is 0 Å². The van der Waals surface area contributed by atoms with Gasteiger partial charge in [-0.25, -0.2) is 4.79 Å². The third-order valence-electron chi connectivity index (χ3n) is 6.10. The highest BCUT2D eigenvalue weighted by molar-refractivity contribution is 5.85. The molecule has 0 unspecified atom stereocenters. The van der Waals surface area contributed by atoms with E-state index in [1.807, 2.05) is 13.8 Å². The second-order valence-corrected chi connectivity index (χ2v) is 9.12. The number of aliphatic hydroxyl groups excluding tert-OH is 3. The van der Waals surface area contributed by atoms with Crippen LogP contribution in [0.25, 0.3) is 0 Å². The first kappa shape index (κ1) is 28.0. The number of aliphatic carboxylic acids is 1. The fraction of sp³-hybridized carbons (Fsp3) is 0.708. The molecule has 0 saturated carbocycles. The minimum atomic E-state index is -1.72. The molecule has 1 aliphatic heterocycles. The molecule has 8 atom stereocenters. The highest BCUT2D eigenvalue weighted by Gasteiger charge is 2.32. The zero-order valence-corrected chi connectivity index (χ0v) is 19.6. The number of carbonyl (C=O) groups is 3. The summed E-state index contributed by atoms with van der Waals surface area (Å²) in [7, 11) is 0. The molecule has 0 amide bonds. The van der Waals surface area contributed by atoms with Crippen molar-refractivity contribution in [1.29, 1.82) is 0 Å². The summed E-state index contributed by atoms with van der Waals surface area (Å²) in [6.45, 7) is 8.79. The summed E-state index contributed by atoms with van der Waals surface area (Å²) in [5.41, 5.74) is 0.619. The summed E-state index contributed by atoms with van der Waals surface area (Å²) in [4.78, 5) is 35.9. The number of aliphatic hydroxyl groups is 3. The highest BCUT2D eigenvalue weighted by Crippen LogP contribution is 2.26. The van der Waals surface area contributed by atoms with Gasteiger partial charge in [-0.1, -0.05) is 52.3 Å². The van der Waals surface area contributed by atoms with E-state index in [9.17, 15) is 29.7 Å². The van der Waals surface area contributed by atoms with Gasteiger partial charge >= 0.3 is 11.9 Å². The standard InChI is InChI=1S/C24H38O8/c1-13-7-6-8-14(2)23(32-24(31)22(30)18(25)10-9-13)16(4)11-15(3)21(29)17(5)19(26)12-20(27)28/h9-11,13-15,17-19,22-23,25-26,30H,6-8,12H2,1-5H3,(H,27,28)/b10-9+,16-11+/t13-,14+,15-,17-,18-,19-,22-,23+/m1/s1. The molecule has 32 heavy (non-hydrogen) atoms. The third kappa shape index (κ3) is 8.48. The highest BCUT2D eigenvalue weighted by atomic mass is 16.6. The van der Waals surface area contributed by atoms with Crippen LogP contribution in [-0.2, 0) is 19.1 Å². The van der Waals surface area contributed by atoms with Crippen LogP contribution in [0.1, 0.15) is 60.3 Å². The van der Waals surface area contributed by atoms with Crippen molar-refractivity contribution in [3.05, 3.63) is 23.8 Å². The number of ether oxygens (including phenoxy) is 1. The number of ketones is 1. The molecule has 8 nitrogen and oxygen atoms in total. The van der Waals surface area contributed by atoms with E-state index < -0.39 is 54.6 Å². The monoisotopic (exact) mass is 454 g/mol. The summed E-state index contributed by atoms with van der Waals surface area (Å²) in [5.74, 6) is -3.86. The van der Waals surface area contributed by atoms with E-state index in [2.05, 4.69) is 0 Å². The number of hydrogen-bond acceptors (Lipinski definition) is 7. The number of hydrogen-bond donors (Lipinski definition) is 4. The molecule has 0 aromatic heterocycles. The van der Waals surface area contributed by atoms with Gasteiger partial charge in [0.1, 0.15) is 18.0 Å². The van der Waals surface area contributed by atoms with E-state index in [4.69, 9.17) is 9.84 Å². The molecular weight excluding hydrogens is 416 g/mol. The largest absolute Gasteiger partial charge is 0.481 e. The predicted molar refractivity (Wildman–Crippen MR) is 119 cm³/mol. The topological polar surface area (TPSA) is 141 Å². The van der Waals surface area contributed by atoms with E-state index in [0.29, 0.717) is 5.57 Å². The van der Waals surface area contributed by atoms with Gasteiger partial charge in [-0.05, 0) is 37.2 Å². The Kier molecular flexibility index (Phi) is 11.3. The van der Waals surface area contributed by atoms with Gasteiger partial charge < -0.3 is 25.2 Å². The summed E-state index contributed by atoms with van der Waals surface area (Å²) in [6.07, 6.45) is 1.75. The zero-order chi connectivity index (χ0) is 24.6. The fourth-order valence-corrected chi connectivity index (χ4v) is 3.94. The van der Waals surface area contributed by atoms with Gasteiger partial charge in [0.05, 0.1) is 12.5 Å². The van der Waals surface area contributed by atoms with Gasteiger partial charge in [0.2, 0.25) is 0 Å². The number of carbonyl (C=O) groups excluding carboxylic acids is 2. The number of cyclic esters (lactones) is 1. The smallest absolute Gasteiger partial charge is 0.338 e. The van der Waals surface area contributed by atoms with Crippen molar-refractivity contribution in [3.63, 3.8) is 0 Å². The van der Waals surface area contributed by atoms with Crippen molar-refractivity contribution in [3.8, 4) is 0 Å². The lowest BCUT2D eigenvalue weighted by Crippen LogP contribution is -2.39. The minimum Gasteiger partial charge on any atom is -0.481 e. The molecule has 8 heteroatoms. The lowest BCUT2D eigenvalue weighted by Gasteiger charge is -2.28. The van der Waals surface area contributed by atoms with Crippen molar-refractivity contribution in [2.24, 2.45) is 23.7 Å². The molecule has 0 spiro atoms. The van der Waals surface area contributed by atoms with Gasteiger partial charge in [0.25, 0.3) is 0 Å². The summed E-state index contributed by atoms with van der Waals surface area (Å²) >= 11 is 0. The second-order valence-electron chi connectivity index (χ2n) is 9.12. The summed E-state index contributed by atoms with van der Waals surface area (Å²) in [5, 5.41) is 39.0. The van der Waals surface area contributed by atoms with Crippen LogP contribution in [0.2, 0.25) is 0 Å². The quantitative estimate of drug-likeness (QED) is 0.339. The Balaban J connectivity index is 3.06. The number of Topliss-reactive ketones (excluding diaryl/α,β-unsaturated/α-hetero) is 1. The first-order chi connectivity index (χ1) is 14.8. The van der Waals surface area contributed by atoms with E-state index in [1.54, 1.807) is 26.0 Å². The molecule has 1 rings (SSSR count). The Morgan fingerprint density at radius 2 is 1.81 bits per heavy atom. The summed E-state index contributed by atoms with van der Waals surface area (Å²) in [6, 6.07) is 0. The van der Waals surface area contributed by atoms with E-state index in [1.165, 1.54) is 13.0 Å². The van der Waals surface area contributed by atoms with Crippen LogP contribution in [0, 0.1) is 23.7 Å². The number of carboxylic acids is 1. The molecule has 0 saturated heterocycles. The Bertz CT molecular complexity index is 713. The predicted octanol–water partition coefficient (Wildman–Crippen LogP) is 2.26. The molecular formula is C24H38O8. The SMILES string of the molecule is C/C(=C\[C@@H](C)C(=O)[C@H](C)[C@H](O)CC(=O)O)[C@H]1OC(=O)[C@H](O)[C@H](O)/C=C/[C@H](C)CCC[C@@H]1C. The molecule has 182 valence electrons. The fourth-order valence-electron chi connectivity index (χ4n) is 3.94. The van der Waals surface area contributed by atoms with E-state index in [-0.39, 0.29) is 17.6 Å². The van der Waals surface area contributed by atoms with Crippen LogP contribution in [-0.4, -0.2) is 62.6 Å². The number of rotatable bonds is 7. The molecule has 1 aliphatic rings.